The molecular formula is C13H14BrN3O3. The number of pyridine rings is 1. The molecule has 0 bridgehead atoms. The van der Waals surface area contributed by atoms with Crippen LogP contribution < -0.4 is 15.0 Å². The fourth-order valence-electron chi connectivity index (χ4n) is 1.69. The molecule has 0 aliphatic rings. The fourth-order valence-corrected chi connectivity index (χ4v) is 2.00. The molecule has 7 heteroatoms. The Morgan fingerprint density at radius 3 is 2.70 bits per heavy atom. The number of carbonyl (C=O) groups excluding carboxylic acids is 1. The van der Waals surface area contributed by atoms with E-state index in [1.165, 1.54) is 7.11 Å². The minimum atomic E-state index is -0.370. The minimum absolute atomic E-state index is 0.201. The zero-order valence-corrected chi connectivity index (χ0v) is 12.9. The maximum atomic E-state index is 12.1. The highest BCUT2D eigenvalue weighted by Gasteiger charge is 2.18. The summed E-state index contributed by atoms with van der Waals surface area (Å²) in [5.74, 6) is 0.174. The van der Waals surface area contributed by atoms with E-state index in [1.54, 1.807) is 24.4 Å². The van der Waals surface area contributed by atoms with E-state index in [-0.39, 0.29) is 11.7 Å². The average Bonchev–Trinajstić information content (AvgIpc) is 2.85. The summed E-state index contributed by atoms with van der Waals surface area (Å²) in [4.78, 5) is 18.1. The Morgan fingerprint density at radius 1 is 1.40 bits per heavy atom. The summed E-state index contributed by atoms with van der Waals surface area (Å²) < 4.78 is 10.9. The molecule has 2 aromatic heterocycles. The van der Waals surface area contributed by atoms with E-state index in [0.717, 1.165) is 5.69 Å². The molecule has 2 heterocycles. The SMILES string of the molecule is COc1nccc(N(C)C)c1NC(=O)c1ccc(Br)o1. The molecule has 2 aromatic rings. The van der Waals surface area contributed by atoms with Crippen molar-refractivity contribution < 1.29 is 13.9 Å². The van der Waals surface area contributed by atoms with Crippen molar-refractivity contribution in [2.45, 2.75) is 0 Å². The minimum Gasteiger partial charge on any atom is -0.479 e. The number of rotatable bonds is 4. The summed E-state index contributed by atoms with van der Waals surface area (Å²) in [6.07, 6.45) is 1.62. The molecule has 0 aliphatic heterocycles. The lowest BCUT2D eigenvalue weighted by Crippen LogP contribution is -2.17. The van der Waals surface area contributed by atoms with Gasteiger partial charge in [-0.05, 0) is 34.1 Å². The summed E-state index contributed by atoms with van der Waals surface area (Å²) in [7, 11) is 5.24. The van der Waals surface area contributed by atoms with E-state index in [0.29, 0.717) is 16.2 Å². The second-order valence-corrected chi connectivity index (χ2v) is 4.95. The quantitative estimate of drug-likeness (QED) is 0.927. The van der Waals surface area contributed by atoms with Crippen LogP contribution in [0.15, 0.2) is 33.5 Å². The van der Waals surface area contributed by atoms with Gasteiger partial charge in [0.1, 0.15) is 5.69 Å². The number of carbonyl (C=O) groups is 1. The third-order valence-corrected chi connectivity index (χ3v) is 3.03. The van der Waals surface area contributed by atoms with Crippen LogP contribution in [-0.4, -0.2) is 32.1 Å². The topological polar surface area (TPSA) is 67.6 Å². The van der Waals surface area contributed by atoms with Gasteiger partial charge in [0, 0.05) is 20.3 Å². The second-order valence-electron chi connectivity index (χ2n) is 4.17. The van der Waals surface area contributed by atoms with Crippen LogP contribution in [0.4, 0.5) is 11.4 Å². The van der Waals surface area contributed by atoms with E-state index in [9.17, 15) is 4.79 Å². The van der Waals surface area contributed by atoms with Gasteiger partial charge in [-0.1, -0.05) is 0 Å². The normalized spacial score (nSPS) is 10.2. The van der Waals surface area contributed by atoms with E-state index < -0.39 is 0 Å². The second kappa shape index (κ2) is 5.96. The molecule has 0 atom stereocenters. The number of halogens is 1. The van der Waals surface area contributed by atoms with E-state index in [4.69, 9.17) is 9.15 Å². The van der Waals surface area contributed by atoms with Gasteiger partial charge in [-0.3, -0.25) is 4.79 Å². The number of furan rings is 1. The number of hydrogen-bond donors (Lipinski definition) is 1. The van der Waals surface area contributed by atoms with Crippen molar-refractivity contribution in [1.29, 1.82) is 0 Å². The molecule has 2 rings (SSSR count). The Kier molecular flexibility index (Phi) is 4.29. The molecule has 20 heavy (non-hydrogen) atoms. The lowest BCUT2D eigenvalue weighted by molar-refractivity contribution is 0.0995. The van der Waals surface area contributed by atoms with Gasteiger partial charge in [-0.2, -0.15) is 0 Å². The molecule has 1 amide bonds. The predicted molar refractivity (Wildman–Crippen MR) is 79.5 cm³/mol. The van der Waals surface area contributed by atoms with Gasteiger partial charge >= 0.3 is 0 Å². The Hall–Kier alpha value is -2.02. The van der Waals surface area contributed by atoms with Crippen molar-refractivity contribution in [3.63, 3.8) is 0 Å². The third kappa shape index (κ3) is 2.93. The van der Waals surface area contributed by atoms with Crippen molar-refractivity contribution in [2.75, 3.05) is 31.4 Å². The first kappa shape index (κ1) is 14.4. The van der Waals surface area contributed by atoms with E-state index in [1.807, 2.05) is 19.0 Å². The predicted octanol–water partition coefficient (Wildman–Crippen LogP) is 2.76. The summed E-state index contributed by atoms with van der Waals surface area (Å²) in [6, 6.07) is 5.02. The molecule has 0 saturated heterocycles. The van der Waals surface area contributed by atoms with Crippen LogP contribution in [0, 0.1) is 0 Å². The monoisotopic (exact) mass is 339 g/mol. The highest BCUT2D eigenvalue weighted by molar-refractivity contribution is 9.10. The van der Waals surface area contributed by atoms with Crippen molar-refractivity contribution >= 4 is 33.2 Å². The van der Waals surface area contributed by atoms with Gasteiger partial charge in [-0.15, -0.1) is 0 Å². The lowest BCUT2D eigenvalue weighted by Gasteiger charge is -2.18. The smallest absolute Gasteiger partial charge is 0.291 e. The number of aromatic nitrogens is 1. The Morgan fingerprint density at radius 2 is 2.15 bits per heavy atom. The van der Waals surface area contributed by atoms with E-state index in [2.05, 4.69) is 26.2 Å². The van der Waals surface area contributed by atoms with Crippen molar-refractivity contribution in [3.8, 4) is 5.88 Å². The van der Waals surface area contributed by atoms with Crippen LogP contribution in [0.1, 0.15) is 10.6 Å². The maximum absolute atomic E-state index is 12.1. The average molecular weight is 340 g/mol. The van der Waals surface area contributed by atoms with Gasteiger partial charge in [0.05, 0.1) is 12.8 Å². The molecule has 0 aromatic carbocycles. The molecule has 0 radical (unpaired) electrons. The number of nitrogens with zero attached hydrogens (tertiary/aromatic N) is 2. The van der Waals surface area contributed by atoms with Crippen molar-refractivity contribution in [1.82, 2.24) is 4.98 Å². The number of ether oxygens (including phenoxy) is 1. The van der Waals surface area contributed by atoms with Crippen LogP contribution in [0.5, 0.6) is 5.88 Å². The Bertz CT molecular complexity index is 625. The zero-order valence-electron chi connectivity index (χ0n) is 11.3. The van der Waals surface area contributed by atoms with Gasteiger partial charge in [0.25, 0.3) is 5.91 Å². The molecule has 0 unspecified atom stereocenters. The molecule has 1 N–H and O–H groups in total. The van der Waals surface area contributed by atoms with Gasteiger partial charge in [0.15, 0.2) is 10.4 Å². The van der Waals surface area contributed by atoms with Gasteiger partial charge in [0.2, 0.25) is 5.88 Å². The fraction of sp³-hybridized carbons (Fsp3) is 0.231. The van der Waals surface area contributed by atoms with Crippen LogP contribution in [0.2, 0.25) is 0 Å². The third-order valence-electron chi connectivity index (χ3n) is 2.60. The Balaban J connectivity index is 2.34. The molecule has 0 fully saturated rings. The molecule has 106 valence electrons. The first-order chi connectivity index (χ1) is 9.52. The number of amides is 1. The largest absolute Gasteiger partial charge is 0.479 e. The van der Waals surface area contributed by atoms with Crippen molar-refractivity contribution in [2.24, 2.45) is 0 Å². The first-order valence-corrected chi connectivity index (χ1v) is 6.59. The van der Waals surface area contributed by atoms with Crippen LogP contribution >= 0.6 is 15.9 Å². The highest BCUT2D eigenvalue weighted by Crippen LogP contribution is 2.32. The Labute approximate surface area is 124 Å². The summed E-state index contributed by atoms with van der Waals surface area (Å²) in [6.45, 7) is 0. The van der Waals surface area contributed by atoms with Gasteiger partial charge in [-0.25, -0.2) is 4.98 Å². The molecule has 0 spiro atoms. The van der Waals surface area contributed by atoms with Crippen molar-refractivity contribution in [3.05, 3.63) is 34.8 Å². The van der Waals surface area contributed by atoms with Gasteiger partial charge < -0.3 is 19.4 Å². The van der Waals surface area contributed by atoms with Crippen LogP contribution in [0.3, 0.4) is 0 Å². The maximum Gasteiger partial charge on any atom is 0.291 e. The van der Waals surface area contributed by atoms with Crippen LogP contribution in [0.25, 0.3) is 0 Å². The summed E-state index contributed by atoms with van der Waals surface area (Å²) in [5.41, 5.74) is 1.29. The molecule has 0 aliphatic carbocycles. The standard InChI is InChI=1S/C13H14BrN3O3/c1-17(2)8-6-7-15-13(19-3)11(8)16-12(18)9-4-5-10(14)20-9/h4-7H,1-3H3,(H,16,18). The lowest BCUT2D eigenvalue weighted by atomic mass is 10.3. The molecule has 0 saturated carbocycles. The first-order valence-electron chi connectivity index (χ1n) is 5.80. The zero-order chi connectivity index (χ0) is 14.7. The van der Waals surface area contributed by atoms with Crippen LogP contribution in [-0.2, 0) is 0 Å². The highest BCUT2D eigenvalue weighted by atomic mass is 79.9. The number of methoxy groups -OCH3 is 1. The number of hydrogen-bond acceptors (Lipinski definition) is 5. The molecular weight excluding hydrogens is 326 g/mol. The number of anilines is 2. The van der Waals surface area contributed by atoms with E-state index >= 15 is 0 Å². The summed E-state index contributed by atoms with van der Waals surface area (Å²) in [5, 5.41) is 2.76. The summed E-state index contributed by atoms with van der Waals surface area (Å²) >= 11 is 3.16. The number of nitrogens with one attached hydrogen (secondary N) is 1. The molecule has 6 nitrogen and oxygen atoms in total.